The minimum Gasteiger partial charge on any atom is -0.506 e. The van der Waals surface area contributed by atoms with Crippen molar-refractivity contribution in [1.82, 2.24) is 10.2 Å². The average molecular weight is 460 g/mol. The third-order valence-corrected chi connectivity index (χ3v) is 5.74. The topological polar surface area (TPSA) is 93.9 Å². The molecule has 12 heteroatoms. The molecule has 0 amide bonds. The van der Waals surface area contributed by atoms with Crippen LogP contribution in [0.25, 0.3) is 11.3 Å². The van der Waals surface area contributed by atoms with E-state index in [9.17, 15) is 27.5 Å². The smallest absolute Gasteiger partial charge is 0.435 e. The Balaban J connectivity index is 1.78. The molecule has 2 heterocycles. The molecular weight excluding hydrogens is 446 g/mol. The number of nitrogens with zero attached hydrogens (tertiary/aromatic N) is 3. The number of hydrogen-bond acceptors (Lipinski definition) is 7. The second kappa shape index (κ2) is 7.33. The number of aromatic nitrogens is 2. The summed E-state index contributed by atoms with van der Waals surface area (Å²) in [5, 5.41) is 20.3. The van der Waals surface area contributed by atoms with E-state index < -0.39 is 46.6 Å². The van der Waals surface area contributed by atoms with Crippen molar-refractivity contribution in [2.75, 3.05) is 7.11 Å². The number of ether oxygens (including phenoxy) is 1. The van der Waals surface area contributed by atoms with Gasteiger partial charge in [-0.15, -0.1) is 10.2 Å². The van der Waals surface area contributed by atoms with E-state index in [1.165, 1.54) is 13.2 Å². The summed E-state index contributed by atoms with van der Waals surface area (Å²) >= 11 is 6.20. The predicted molar refractivity (Wildman–Crippen MR) is 98.8 cm³/mol. The fourth-order valence-electron chi connectivity index (χ4n) is 3.97. The summed E-state index contributed by atoms with van der Waals surface area (Å²) in [5.41, 5.74) is -3.11. The van der Waals surface area contributed by atoms with Gasteiger partial charge in [-0.1, -0.05) is 16.8 Å². The number of esters is 1. The van der Waals surface area contributed by atoms with Gasteiger partial charge in [-0.05, 0) is 25.0 Å². The van der Waals surface area contributed by atoms with Crippen LogP contribution in [0.15, 0.2) is 23.4 Å². The molecule has 1 fully saturated rings. The second-order valence-electron chi connectivity index (χ2n) is 7.17. The minimum atomic E-state index is -4.83. The largest absolute Gasteiger partial charge is 0.506 e. The van der Waals surface area contributed by atoms with Crippen molar-refractivity contribution in [1.29, 1.82) is 0 Å². The molecule has 31 heavy (non-hydrogen) atoms. The Morgan fingerprint density at radius 1 is 1.29 bits per heavy atom. The number of methoxy groups -OCH3 is 1. The van der Waals surface area contributed by atoms with Crippen LogP contribution in [-0.4, -0.2) is 39.7 Å². The van der Waals surface area contributed by atoms with Crippen LogP contribution in [-0.2, 0) is 20.5 Å². The van der Waals surface area contributed by atoms with Gasteiger partial charge in [-0.25, -0.2) is 9.18 Å². The Morgan fingerprint density at radius 2 is 2.03 bits per heavy atom. The molecule has 0 bridgehead atoms. The maximum atomic E-state index is 14.6. The summed E-state index contributed by atoms with van der Waals surface area (Å²) in [6.45, 7) is 0. The van der Waals surface area contributed by atoms with Gasteiger partial charge in [0.15, 0.2) is 5.69 Å². The zero-order chi connectivity index (χ0) is 22.6. The Morgan fingerprint density at radius 3 is 2.68 bits per heavy atom. The minimum absolute atomic E-state index is 0.0597. The molecule has 1 aromatic heterocycles. The number of rotatable bonds is 3. The molecule has 0 saturated heterocycles. The summed E-state index contributed by atoms with van der Waals surface area (Å²) < 4.78 is 57.8. The number of halogens is 5. The van der Waals surface area contributed by atoms with Gasteiger partial charge >= 0.3 is 12.1 Å². The van der Waals surface area contributed by atoms with Crippen molar-refractivity contribution in [2.45, 2.75) is 31.0 Å². The Hall–Kier alpha value is -2.95. The first kappa shape index (κ1) is 21.3. The number of benzene rings is 1. The zero-order valence-corrected chi connectivity index (χ0v) is 16.6. The van der Waals surface area contributed by atoms with E-state index in [0.29, 0.717) is 25.3 Å². The lowest BCUT2D eigenvalue weighted by molar-refractivity contribution is -0.168. The van der Waals surface area contributed by atoms with E-state index >= 15 is 0 Å². The van der Waals surface area contributed by atoms with Gasteiger partial charge in [0.1, 0.15) is 17.3 Å². The van der Waals surface area contributed by atoms with Crippen molar-refractivity contribution in [2.24, 2.45) is 11.1 Å². The van der Waals surface area contributed by atoms with Crippen LogP contribution in [0.3, 0.4) is 0 Å². The lowest BCUT2D eigenvalue weighted by Crippen LogP contribution is -2.43. The molecule has 1 saturated carbocycles. The van der Waals surface area contributed by atoms with Gasteiger partial charge in [0.05, 0.1) is 23.8 Å². The molecule has 1 aromatic carbocycles. The molecule has 2 aromatic rings. The molecular formula is C19H14ClF4N3O4. The number of fused-ring (bicyclic) bond motifs is 1. The summed E-state index contributed by atoms with van der Waals surface area (Å²) in [6, 6.07) is 2.45. The zero-order valence-electron chi connectivity index (χ0n) is 15.8. The van der Waals surface area contributed by atoms with Crippen molar-refractivity contribution < 1.29 is 37.0 Å². The molecule has 7 nitrogen and oxygen atoms in total. The third kappa shape index (κ3) is 3.36. The van der Waals surface area contributed by atoms with Gasteiger partial charge in [0, 0.05) is 23.6 Å². The molecule has 1 N–H and O–H groups in total. The summed E-state index contributed by atoms with van der Waals surface area (Å²) in [4.78, 5) is 17.8. The molecule has 2 atom stereocenters. The fourth-order valence-corrected chi connectivity index (χ4v) is 4.21. The molecule has 1 aliphatic carbocycles. The maximum absolute atomic E-state index is 14.6. The molecule has 0 radical (unpaired) electrons. The monoisotopic (exact) mass is 459 g/mol. The van der Waals surface area contributed by atoms with Gasteiger partial charge in [-0.2, -0.15) is 13.2 Å². The number of alkyl halides is 3. The van der Waals surface area contributed by atoms with Crippen LogP contribution < -0.4 is 0 Å². The van der Waals surface area contributed by atoms with Gasteiger partial charge in [0.25, 0.3) is 0 Å². The lowest BCUT2D eigenvalue weighted by Gasteiger charge is -2.23. The van der Waals surface area contributed by atoms with E-state index in [0.717, 1.165) is 6.07 Å². The molecule has 1 aliphatic heterocycles. The summed E-state index contributed by atoms with van der Waals surface area (Å²) in [5.74, 6) is -2.96. The van der Waals surface area contributed by atoms with Crippen molar-refractivity contribution >= 4 is 23.3 Å². The maximum Gasteiger partial charge on any atom is 0.435 e. The molecule has 164 valence electrons. The number of carbonyl (C=O) groups is 1. The highest BCUT2D eigenvalue weighted by Gasteiger charge is 2.59. The van der Waals surface area contributed by atoms with Gasteiger partial charge in [0.2, 0.25) is 5.60 Å². The standard InChI is InChI=1S/C19H14ClF4N3O4/c1-30-17(29)18-4-2-3-10(18)15(27-31-18)8-5-9(12(21)6-11(8)20)16-13(28)7-14(25-26-16)19(22,23)24/h5-7,10H,2-4H2,1H3,(H,25,28). The van der Waals surface area contributed by atoms with E-state index in [4.69, 9.17) is 21.2 Å². The summed E-state index contributed by atoms with van der Waals surface area (Å²) in [7, 11) is 1.23. The first-order chi connectivity index (χ1) is 14.6. The highest BCUT2D eigenvalue weighted by Crippen LogP contribution is 2.47. The quantitative estimate of drug-likeness (QED) is 0.548. The number of hydrogen-bond donors (Lipinski definition) is 1. The van der Waals surface area contributed by atoms with E-state index in [2.05, 4.69) is 15.4 Å². The highest BCUT2D eigenvalue weighted by molar-refractivity contribution is 6.34. The molecule has 4 rings (SSSR count). The van der Waals surface area contributed by atoms with Crippen LogP contribution in [0.5, 0.6) is 5.75 Å². The predicted octanol–water partition coefficient (Wildman–Crippen LogP) is 4.11. The first-order valence-corrected chi connectivity index (χ1v) is 9.44. The number of aromatic hydroxyl groups is 1. The molecule has 2 unspecified atom stereocenters. The van der Waals surface area contributed by atoms with Gasteiger partial charge in [-0.3, -0.25) is 0 Å². The van der Waals surface area contributed by atoms with Crippen molar-refractivity contribution in [3.05, 3.63) is 40.3 Å². The molecule has 2 aliphatic rings. The van der Waals surface area contributed by atoms with E-state index in [1.54, 1.807) is 0 Å². The molecule has 0 spiro atoms. The lowest BCUT2D eigenvalue weighted by atomic mass is 9.84. The van der Waals surface area contributed by atoms with E-state index in [1.807, 2.05) is 0 Å². The normalized spacial score (nSPS) is 22.6. The Labute approximate surface area is 177 Å². The van der Waals surface area contributed by atoms with Crippen molar-refractivity contribution in [3.8, 4) is 17.0 Å². The average Bonchev–Trinajstić information content (AvgIpc) is 3.28. The van der Waals surface area contributed by atoms with Gasteiger partial charge < -0.3 is 14.7 Å². The number of carbonyl (C=O) groups excluding carboxylic acids is 1. The number of oxime groups is 1. The SMILES string of the molecule is COC(=O)C12CCCC1C(c1cc(-c3nnc(C(F)(F)F)cc3O)c(F)cc1Cl)=NO2. The first-order valence-electron chi connectivity index (χ1n) is 9.06. The van der Waals surface area contributed by atoms with E-state index in [-0.39, 0.29) is 21.9 Å². The van der Waals surface area contributed by atoms with Crippen molar-refractivity contribution in [3.63, 3.8) is 0 Å². The third-order valence-electron chi connectivity index (χ3n) is 5.42. The van der Waals surface area contributed by atoms with Crippen LogP contribution in [0.4, 0.5) is 17.6 Å². The Bertz CT molecular complexity index is 1110. The summed E-state index contributed by atoms with van der Waals surface area (Å²) in [6.07, 6.45) is -3.28. The Kier molecular flexibility index (Phi) is 5.03. The fraction of sp³-hybridized carbons (Fsp3) is 0.368. The van der Waals surface area contributed by atoms with Crippen LogP contribution in [0.2, 0.25) is 5.02 Å². The van der Waals surface area contributed by atoms with Crippen LogP contribution in [0.1, 0.15) is 30.5 Å². The highest BCUT2D eigenvalue weighted by atomic mass is 35.5. The van der Waals surface area contributed by atoms with Crippen LogP contribution >= 0.6 is 11.6 Å². The second-order valence-corrected chi connectivity index (χ2v) is 7.57. The van der Waals surface area contributed by atoms with Crippen LogP contribution in [0, 0.1) is 11.7 Å².